The molecule has 180 valence electrons. The summed E-state index contributed by atoms with van der Waals surface area (Å²) < 4.78 is 16.3. The molecule has 0 unspecified atom stereocenters. The molecule has 3 rings (SSSR count). The minimum atomic E-state index is -0.773. The van der Waals surface area contributed by atoms with Gasteiger partial charge in [0.2, 0.25) is 5.75 Å². The number of ether oxygens (including phenoxy) is 3. The van der Waals surface area contributed by atoms with Gasteiger partial charge in [-0.3, -0.25) is 25.0 Å². The number of hydrazone groups is 1. The molecule has 0 aromatic heterocycles. The van der Waals surface area contributed by atoms with Crippen LogP contribution in [0.1, 0.15) is 22.8 Å². The highest BCUT2D eigenvalue weighted by molar-refractivity contribution is 5.95. The number of nitro groups is 2. The molecule has 35 heavy (non-hydrogen) atoms. The van der Waals surface area contributed by atoms with Gasteiger partial charge < -0.3 is 14.2 Å². The molecular formula is C23H20N4O8. The highest BCUT2D eigenvalue weighted by Gasteiger charge is 2.21. The van der Waals surface area contributed by atoms with Crippen LogP contribution in [-0.2, 0) is 0 Å². The zero-order valence-electron chi connectivity index (χ0n) is 18.7. The molecular weight excluding hydrogens is 460 g/mol. The molecule has 0 aliphatic carbocycles. The van der Waals surface area contributed by atoms with Crippen molar-refractivity contribution in [1.29, 1.82) is 0 Å². The predicted octanol–water partition coefficient (Wildman–Crippen LogP) is 4.47. The van der Waals surface area contributed by atoms with Crippen LogP contribution in [0.15, 0.2) is 65.8 Å². The Kier molecular flexibility index (Phi) is 7.90. The van der Waals surface area contributed by atoms with Crippen molar-refractivity contribution in [2.24, 2.45) is 5.10 Å². The number of nitrogens with zero attached hydrogens (tertiary/aromatic N) is 3. The van der Waals surface area contributed by atoms with Crippen molar-refractivity contribution in [3.8, 4) is 23.0 Å². The largest absolute Gasteiger partial charge is 0.493 e. The van der Waals surface area contributed by atoms with E-state index in [4.69, 9.17) is 14.2 Å². The van der Waals surface area contributed by atoms with Crippen LogP contribution in [0.2, 0.25) is 0 Å². The summed E-state index contributed by atoms with van der Waals surface area (Å²) >= 11 is 0. The van der Waals surface area contributed by atoms with Gasteiger partial charge in [-0.05, 0) is 43.3 Å². The van der Waals surface area contributed by atoms with Crippen molar-refractivity contribution >= 4 is 23.5 Å². The molecule has 12 heteroatoms. The van der Waals surface area contributed by atoms with Crippen molar-refractivity contribution < 1.29 is 28.9 Å². The van der Waals surface area contributed by atoms with Crippen LogP contribution in [0.5, 0.6) is 23.0 Å². The lowest BCUT2D eigenvalue weighted by atomic mass is 10.2. The number of hydrogen-bond acceptors (Lipinski definition) is 9. The number of nitro benzene ring substituents is 2. The third-order valence-electron chi connectivity index (χ3n) is 4.58. The van der Waals surface area contributed by atoms with Crippen LogP contribution in [0.3, 0.4) is 0 Å². The fourth-order valence-electron chi connectivity index (χ4n) is 2.96. The average molecular weight is 480 g/mol. The van der Waals surface area contributed by atoms with Crippen molar-refractivity contribution in [3.63, 3.8) is 0 Å². The molecule has 0 atom stereocenters. The molecule has 3 aromatic carbocycles. The molecule has 0 heterocycles. The van der Waals surface area contributed by atoms with Gasteiger partial charge in [-0.1, -0.05) is 12.1 Å². The lowest BCUT2D eigenvalue weighted by molar-refractivity contribution is -0.394. The normalized spacial score (nSPS) is 10.6. The summed E-state index contributed by atoms with van der Waals surface area (Å²) in [4.78, 5) is 33.3. The fraction of sp³-hybridized carbons (Fsp3) is 0.130. The summed E-state index contributed by atoms with van der Waals surface area (Å²) in [5, 5.41) is 26.2. The van der Waals surface area contributed by atoms with Crippen LogP contribution in [0.25, 0.3) is 0 Å². The van der Waals surface area contributed by atoms with E-state index in [2.05, 4.69) is 10.5 Å². The number of para-hydroxylation sites is 1. The molecule has 0 spiro atoms. The fourth-order valence-corrected chi connectivity index (χ4v) is 2.96. The van der Waals surface area contributed by atoms with E-state index < -0.39 is 27.1 Å². The molecule has 12 nitrogen and oxygen atoms in total. The first-order chi connectivity index (χ1) is 16.8. The second kappa shape index (κ2) is 11.2. The summed E-state index contributed by atoms with van der Waals surface area (Å²) in [7, 11) is 1.49. The van der Waals surface area contributed by atoms with E-state index in [-0.39, 0.29) is 17.1 Å². The van der Waals surface area contributed by atoms with Gasteiger partial charge in [0.15, 0.2) is 11.5 Å². The maximum absolute atomic E-state index is 12.5. The number of rotatable bonds is 10. The van der Waals surface area contributed by atoms with Crippen molar-refractivity contribution in [3.05, 3.63) is 92.0 Å². The van der Waals surface area contributed by atoms with Crippen LogP contribution < -0.4 is 19.6 Å². The van der Waals surface area contributed by atoms with Gasteiger partial charge in [-0.2, -0.15) is 5.10 Å². The zero-order valence-corrected chi connectivity index (χ0v) is 18.7. The van der Waals surface area contributed by atoms with Gasteiger partial charge >= 0.3 is 5.69 Å². The molecule has 3 aromatic rings. The van der Waals surface area contributed by atoms with E-state index in [0.29, 0.717) is 23.7 Å². The maximum atomic E-state index is 12.5. The highest BCUT2D eigenvalue weighted by atomic mass is 16.6. The van der Waals surface area contributed by atoms with E-state index in [1.54, 1.807) is 37.3 Å². The number of carbonyl (C=O) groups is 1. The second-order valence-corrected chi connectivity index (χ2v) is 6.80. The SMILES string of the molecule is CCOc1cc(C(=O)N/N=C/c2ccccc2Oc2ccc([N+](=O)[O-])cc2[N+](=O)[O-])ccc1OC. The minimum Gasteiger partial charge on any atom is -0.493 e. The predicted molar refractivity (Wildman–Crippen MR) is 125 cm³/mol. The lowest BCUT2D eigenvalue weighted by Crippen LogP contribution is -2.17. The zero-order chi connectivity index (χ0) is 25.4. The number of amides is 1. The number of benzene rings is 3. The van der Waals surface area contributed by atoms with Crippen molar-refractivity contribution in [1.82, 2.24) is 5.43 Å². The van der Waals surface area contributed by atoms with Crippen LogP contribution in [-0.4, -0.2) is 35.7 Å². The van der Waals surface area contributed by atoms with Crippen LogP contribution >= 0.6 is 0 Å². The van der Waals surface area contributed by atoms with Gasteiger partial charge in [0, 0.05) is 17.2 Å². The Bertz CT molecular complexity index is 1290. The first kappa shape index (κ1) is 24.6. The average Bonchev–Trinajstić information content (AvgIpc) is 2.85. The lowest BCUT2D eigenvalue weighted by Gasteiger charge is -2.10. The molecule has 0 bridgehead atoms. The Morgan fingerprint density at radius 1 is 0.971 bits per heavy atom. The highest BCUT2D eigenvalue weighted by Crippen LogP contribution is 2.35. The third kappa shape index (κ3) is 6.07. The van der Waals surface area contributed by atoms with Crippen LogP contribution in [0, 0.1) is 20.2 Å². The Hall–Kier alpha value is -5.00. The van der Waals surface area contributed by atoms with Gasteiger partial charge in [-0.15, -0.1) is 0 Å². The van der Waals surface area contributed by atoms with E-state index in [0.717, 1.165) is 18.2 Å². The first-order valence-electron chi connectivity index (χ1n) is 10.2. The number of methoxy groups -OCH3 is 1. The molecule has 0 aliphatic heterocycles. The monoisotopic (exact) mass is 480 g/mol. The number of non-ortho nitro benzene ring substituents is 1. The molecule has 1 N–H and O–H groups in total. The van der Waals surface area contributed by atoms with E-state index in [1.165, 1.54) is 25.5 Å². The summed E-state index contributed by atoms with van der Waals surface area (Å²) in [5.41, 5.74) is 2.07. The number of carbonyl (C=O) groups excluding carboxylic acids is 1. The van der Waals surface area contributed by atoms with Gasteiger partial charge in [0.1, 0.15) is 5.75 Å². The molecule has 0 aliphatic rings. The summed E-state index contributed by atoms with van der Waals surface area (Å²) in [6.07, 6.45) is 1.30. The summed E-state index contributed by atoms with van der Waals surface area (Å²) in [5.74, 6) is 0.389. The van der Waals surface area contributed by atoms with Crippen molar-refractivity contribution in [2.45, 2.75) is 6.92 Å². The summed E-state index contributed by atoms with van der Waals surface area (Å²) in [6, 6.07) is 14.2. The van der Waals surface area contributed by atoms with Crippen molar-refractivity contribution in [2.75, 3.05) is 13.7 Å². The van der Waals surface area contributed by atoms with Gasteiger partial charge in [0.25, 0.3) is 11.6 Å². The molecule has 1 amide bonds. The summed E-state index contributed by atoms with van der Waals surface area (Å²) in [6.45, 7) is 2.20. The molecule has 0 radical (unpaired) electrons. The minimum absolute atomic E-state index is 0.186. The third-order valence-corrected chi connectivity index (χ3v) is 4.58. The topological polar surface area (TPSA) is 155 Å². The van der Waals surface area contributed by atoms with E-state index in [9.17, 15) is 25.0 Å². The Labute approximate surface area is 199 Å². The van der Waals surface area contributed by atoms with Crippen LogP contribution in [0.4, 0.5) is 11.4 Å². The number of nitrogens with one attached hydrogen (secondary N) is 1. The Morgan fingerprint density at radius 3 is 2.40 bits per heavy atom. The standard InChI is InChI=1S/C23H20N4O8/c1-3-34-22-12-15(8-10-21(22)33-2)23(28)25-24-14-16-6-4-5-7-19(16)35-20-11-9-17(26(29)30)13-18(20)27(31)32/h4-14H,3H2,1-2H3,(H,25,28)/b24-14+. The molecule has 0 fully saturated rings. The first-order valence-corrected chi connectivity index (χ1v) is 10.2. The van der Waals surface area contributed by atoms with Gasteiger partial charge in [-0.25, -0.2) is 5.43 Å². The number of hydrogen-bond donors (Lipinski definition) is 1. The Balaban J connectivity index is 1.79. The second-order valence-electron chi connectivity index (χ2n) is 6.80. The maximum Gasteiger partial charge on any atom is 0.318 e. The smallest absolute Gasteiger partial charge is 0.318 e. The van der Waals surface area contributed by atoms with Gasteiger partial charge in [0.05, 0.1) is 35.8 Å². The quantitative estimate of drug-likeness (QED) is 0.253. The van der Waals surface area contributed by atoms with E-state index in [1.807, 2.05) is 0 Å². The van der Waals surface area contributed by atoms with E-state index >= 15 is 0 Å². The Morgan fingerprint density at radius 2 is 1.71 bits per heavy atom. The molecule has 0 saturated heterocycles. The molecule has 0 saturated carbocycles.